The van der Waals surface area contributed by atoms with Crippen LogP contribution in [0.15, 0.2) is 47.4 Å². The maximum Gasteiger partial charge on any atom is 0.230 e. The predicted molar refractivity (Wildman–Crippen MR) is 96.0 cm³/mol. The lowest BCUT2D eigenvalue weighted by atomic mass is 10.1. The number of rotatable bonds is 5. The molecule has 0 fully saturated rings. The Balaban J connectivity index is 1.44. The van der Waals surface area contributed by atoms with E-state index in [0.29, 0.717) is 18.9 Å². The van der Waals surface area contributed by atoms with Crippen LogP contribution in [0.25, 0.3) is 0 Å². The SMILES string of the molecule is Cc1ccc(SCC(=O)NC[C@H]2COc3ccccc3O2)cc1C. The van der Waals surface area contributed by atoms with Gasteiger partial charge in [-0.25, -0.2) is 0 Å². The van der Waals surface area contributed by atoms with E-state index in [9.17, 15) is 4.79 Å². The molecule has 0 saturated heterocycles. The van der Waals surface area contributed by atoms with Gasteiger partial charge in [-0.3, -0.25) is 4.79 Å². The number of para-hydroxylation sites is 2. The van der Waals surface area contributed by atoms with Crippen molar-refractivity contribution in [2.45, 2.75) is 24.8 Å². The van der Waals surface area contributed by atoms with Crippen LogP contribution in [-0.2, 0) is 4.79 Å². The molecule has 0 radical (unpaired) electrons. The normalized spacial score (nSPS) is 15.8. The van der Waals surface area contributed by atoms with Crippen molar-refractivity contribution in [1.29, 1.82) is 0 Å². The Morgan fingerprint density at radius 3 is 2.75 bits per heavy atom. The Hall–Kier alpha value is -2.14. The summed E-state index contributed by atoms with van der Waals surface area (Å²) >= 11 is 1.54. The van der Waals surface area contributed by atoms with Gasteiger partial charge in [0.05, 0.1) is 12.3 Å². The molecule has 0 aromatic heterocycles. The van der Waals surface area contributed by atoms with Crippen molar-refractivity contribution in [2.24, 2.45) is 0 Å². The lowest BCUT2D eigenvalue weighted by Gasteiger charge is -2.26. The fourth-order valence-electron chi connectivity index (χ4n) is 2.39. The molecule has 4 nitrogen and oxygen atoms in total. The van der Waals surface area contributed by atoms with Gasteiger partial charge in [-0.2, -0.15) is 0 Å². The zero-order valence-electron chi connectivity index (χ0n) is 13.9. The van der Waals surface area contributed by atoms with E-state index in [1.807, 2.05) is 24.3 Å². The number of fused-ring (bicyclic) bond motifs is 1. The van der Waals surface area contributed by atoms with Gasteiger partial charge in [0.25, 0.3) is 0 Å². The van der Waals surface area contributed by atoms with Crippen molar-refractivity contribution in [3.8, 4) is 11.5 Å². The molecule has 1 aliphatic heterocycles. The third kappa shape index (κ3) is 4.23. The van der Waals surface area contributed by atoms with E-state index in [1.54, 1.807) is 11.8 Å². The summed E-state index contributed by atoms with van der Waals surface area (Å²) in [6.45, 7) is 5.06. The largest absolute Gasteiger partial charge is 0.486 e. The molecule has 1 amide bonds. The molecule has 1 aliphatic rings. The number of hydrogen-bond donors (Lipinski definition) is 1. The van der Waals surface area contributed by atoms with Crippen LogP contribution < -0.4 is 14.8 Å². The number of amides is 1. The minimum absolute atomic E-state index is 0.000636. The van der Waals surface area contributed by atoms with E-state index >= 15 is 0 Å². The second-order valence-electron chi connectivity index (χ2n) is 5.84. The van der Waals surface area contributed by atoms with E-state index in [4.69, 9.17) is 9.47 Å². The van der Waals surface area contributed by atoms with Gasteiger partial charge in [0.15, 0.2) is 11.5 Å². The summed E-state index contributed by atoms with van der Waals surface area (Å²) in [4.78, 5) is 13.1. The van der Waals surface area contributed by atoms with Crippen LogP contribution in [0.4, 0.5) is 0 Å². The topological polar surface area (TPSA) is 47.6 Å². The fourth-order valence-corrected chi connectivity index (χ4v) is 3.22. The average molecular weight is 343 g/mol. The Kier molecular flexibility index (Phi) is 5.30. The van der Waals surface area contributed by atoms with Gasteiger partial charge in [0.1, 0.15) is 12.7 Å². The zero-order chi connectivity index (χ0) is 16.9. The first kappa shape index (κ1) is 16.7. The highest BCUT2D eigenvalue weighted by molar-refractivity contribution is 8.00. The quantitative estimate of drug-likeness (QED) is 0.846. The molecule has 126 valence electrons. The molecule has 0 aliphatic carbocycles. The average Bonchev–Trinajstić information content (AvgIpc) is 2.60. The van der Waals surface area contributed by atoms with Crippen LogP contribution in [-0.4, -0.2) is 30.9 Å². The molecule has 1 atom stereocenters. The van der Waals surface area contributed by atoms with Crippen LogP contribution >= 0.6 is 11.8 Å². The first-order valence-electron chi connectivity index (χ1n) is 7.97. The summed E-state index contributed by atoms with van der Waals surface area (Å²) in [5.74, 6) is 1.88. The van der Waals surface area contributed by atoms with E-state index in [1.165, 1.54) is 11.1 Å². The van der Waals surface area contributed by atoms with Crippen molar-refractivity contribution < 1.29 is 14.3 Å². The molecule has 0 unspecified atom stereocenters. The minimum Gasteiger partial charge on any atom is -0.486 e. The summed E-state index contributed by atoms with van der Waals surface area (Å²) in [7, 11) is 0. The van der Waals surface area contributed by atoms with Crippen molar-refractivity contribution in [3.63, 3.8) is 0 Å². The van der Waals surface area contributed by atoms with Gasteiger partial charge in [-0.1, -0.05) is 18.2 Å². The minimum atomic E-state index is -0.157. The van der Waals surface area contributed by atoms with Crippen molar-refractivity contribution in [1.82, 2.24) is 5.32 Å². The number of aryl methyl sites for hydroxylation is 2. The Morgan fingerprint density at radius 2 is 1.96 bits per heavy atom. The van der Waals surface area contributed by atoms with Crippen LogP contribution in [0, 0.1) is 13.8 Å². The van der Waals surface area contributed by atoms with E-state index in [-0.39, 0.29) is 12.0 Å². The second-order valence-corrected chi connectivity index (χ2v) is 6.89. The van der Waals surface area contributed by atoms with Crippen molar-refractivity contribution >= 4 is 17.7 Å². The van der Waals surface area contributed by atoms with Gasteiger partial charge in [0.2, 0.25) is 5.91 Å². The van der Waals surface area contributed by atoms with E-state index in [0.717, 1.165) is 16.4 Å². The number of hydrogen-bond acceptors (Lipinski definition) is 4. The molecular formula is C19H21NO3S. The van der Waals surface area contributed by atoms with E-state index in [2.05, 4.69) is 37.4 Å². The second kappa shape index (κ2) is 7.62. The van der Waals surface area contributed by atoms with Gasteiger partial charge in [-0.15, -0.1) is 11.8 Å². The molecule has 0 bridgehead atoms. The highest BCUT2D eigenvalue weighted by Gasteiger charge is 2.20. The molecule has 2 aromatic rings. The van der Waals surface area contributed by atoms with Crippen LogP contribution in [0.5, 0.6) is 11.5 Å². The highest BCUT2D eigenvalue weighted by atomic mass is 32.2. The predicted octanol–water partition coefficient (Wildman–Crippen LogP) is 3.35. The molecule has 1 N–H and O–H groups in total. The van der Waals surface area contributed by atoms with Gasteiger partial charge in [0, 0.05) is 4.90 Å². The molecule has 24 heavy (non-hydrogen) atoms. The number of carbonyl (C=O) groups excluding carboxylic acids is 1. The summed E-state index contributed by atoms with van der Waals surface area (Å²) in [5.41, 5.74) is 2.50. The number of carbonyl (C=O) groups is 1. The summed E-state index contributed by atoms with van der Waals surface area (Å²) in [6.07, 6.45) is -0.157. The number of nitrogens with one attached hydrogen (secondary N) is 1. The van der Waals surface area contributed by atoms with Crippen molar-refractivity contribution in [2.75, 3.05) is 18.9 Å². The number of benzene rings is 2. The van der Waals surface area contributed by atoms with Gasteiger partial charge < -0.3 is 14.8 Å². The Morgan fingerprint density at radius 1 is 1.17 bits per heavy atom. The molecule has 3 rings (SSSR count). The standard InChI is InChI=1S/C19H21NO3S/c1-13-7-8-16(9-14(13)2)24-12-19(21)20-10-15-11-22-17-5-3-4-6-18(17)23-15/h3-9,15H,10-12H2,1-2H3,(H,20,21)/t15-/m0/s1. The Bertz CT molecular complexity index is 732. The fraction of sp³-hybridized carbons (Fsp3) is 0.316. The Labute approximate surface area is 146 Å². The third-order valence-corrected chi connectivity index (χ3v) is 4.94. The van der Waals surface area contributed by atoms with Crippen LogP contribution in [0.1, 0.15) is 11.1 Å². The van der Waals surface area contributed by atoms with Gasteiger partial charge >= 0.3 is 0 Å². The van der Waals surface area contributed by atoms with Crippen LogP contribution in [0.2, 0.25) is 0 Å². The summed E-state index contributed by atoms with van der Waals surface area (Å²) < 4.78 is 11.5. The molecule has 1 heterocycles. The first-order chi connectivity index (χ1) is 11.6. The smallest absolute Gasteiger partial charge is 0.230 e. The number of ether oxygens (including phenoxy) is 2. The summed E-state index contributed by atoms with van der Waals surface area (Å²) in [5, 5.41) is 2.91. The third-order valence-electron chi connectivity index (χ3n) is 3.94. The zero-order valence-corrected chi connectivity index (χ0v) is 14.7. The monoisotopic (exact) mass is 343 g/mol. The molecule has 5 heteroatoms. The lowest BCUT2D eigenvalue weighted by Crippen LogP contribution is -2.41. The van der Waals surface area contributed by atoms with Gasteiger partial charge in [-0.05, 0) is 49.2 Å². The maximum absolute atomic E-state index is 12.0. The maximum atomic E-state index is 12.0. The number of thioether (sulfide) groups is 1. The highest BCUT2D eigenvalue weighted by Crippen LogP contribution is 2.30. The first-order valence-corrected chi connectivity index (χ1v) is 8.95. The summed E-state index contributed by atoms with van der Waals surface area (Å²) in [6, 6.07) is 13.8. The van der Waals surface area contributed by atoms with Crippen LogP contribution in [0.3, 0.4) is 0 Å². The molecule has 0 saturated carbocycles. The molecule has 0 spiro atoms. The van der Waals surface area contributed by atoms with E-state index < -0.39 is 0 Å². The molecule has 2 aromatic carbocycles. The van der Waals surface area contributed by atoms with Crippen molar-refractivity contribution in [3.05, 3.63) is 53.6 Å². The lowest BCUT2D eigenvalue weighted by molar-refractivity contribution is -0.119. The molecular weight excluding hydrogens is 322 g/mol.